The maximum atomic E-state index is 13.1. The average molecular weight is 496 g/mol. The molecule has 1 aromatic heterocycles. The number of aromatic nitrogens is 1. The largest absolute Gasteiger partial charge is 0.390 e. The number of hydrogen-bond acceptors (Lipinski definition) is 7. The summed E-state index contributed by atoms with van der Waals surface area (Å²) in [5, 5.41) is 23.8. The summed E-state index contributed by atoms with van der Waals surface area (Å²) in [4.78, 5) is 28.2. The van der Waals surface area contributed by atoms with Crippen LogP contribution in [0.2, 0.25) is 0 Å². The van der Waals surface area contributed by atoms with Gasteiger partial charge in [-0.05, 0) is 88.3 Å². The highest BCUT2D eigenvalue weighted by Crippen LogP contribution is 2.40. The van der Waals surface area contributed by atoms with Gasteiger partial charge in [0.15, 0.2) is 5.69 Å². The standard InChI is InChI=1S/C27H37N5O4/c33-22(17-32-12-1-2-13-32)16-29-26(34)21-5-3-4-20(14-21)25(19-8-10-28-11-9-19)30-27(35)23-15-24(36-31-23)18-6-7-18/h3-5,14-15,18-19,22,25,28,33H,1-2,6-13,16-17H2,(H,29,34)(H,30,35). The molecule has 9 heteroatoms. The molecule has 194 valence electrons. The molecule has 3 fully saturated rings. The van der Waals surface area contributed by atoms with E-state index in [1.807, 2.05) is 18.2 Å². The zero-order valence-electron chi connectivity index (χ0n) is 20.7. The second-order valence-electron chi connectivity index (χ2n) is 10.4. The molecular weight excluding hydrogens is 458 g/mol. The predicted molar refractivity (Wildman–Crippen MR) is 135 cm³/mol. The first-order valence-corrected chi connectivity index (χ1v) is 13.3. The molecule has 3 aliphatic rings. The van der Waals surface area contributed by atoms with Crippen LogP contribution in [-0.4, -0.2) is 72.3 Å². The minimum absolute atomic E-state index is 0.212. The van der Waals surface area contributed by atoms with Crippen molar-refractivity contribution in [1.29, 1.82) is 0 Å². The number of carbonyl (C=O) groups excluding carboxylic acids is 2. The topological polar surface area (TPSA) is 120 Å². The second-order valence-corrected chi connectivity index (χ2v) is 10.4. The summed E-state index contributed by atoms with van der Waals surface area (Å²) in [7, 11) is 0. The van der Waals surface area contributed by atoms with Gasteiger partial charge in [-0.1, -0.05) is 17.3 Å². The Hall–Kier alpha value is -2.75. The lowest BCUT2D eigenvalue weighted by atomic mass is 9.85. The fourth-order valence-corrected chi connectivity index (χ4v) is 5.34. The van der Waals surface area contributed by atoms with Gasteiger partial charge in [-0.15, -0.1) is 0 Å². The highest BCUT2D eigenvalue weighted by atomic mass is 16.5. The molecule has 2 atom stereocenters. The van der Waals surface area contributed by atoms with Crippen LogP contribution < -0.4 is 16.0 Å². The minimum atomic E-state index is -0.597. The van der Waals surface area contributed by atoms with Crippen molar-refractivity contribution in [2.75, 3.05) is 39.3 Å². The molecule has 2 saturated heterocycles. The van der Waals surface area contributed by atoms with Gasteiger partial charge in [-0.3, -0.25) is 9.59 Å². The number of β-amino-alcohol motifs (C(OH)–C–C–N with tert-alkyl or cyclic N) is 1. The maximum absolute atomic E-state index is 13.1. The number of rotatable bonds is 10. The van der Waals surface area contributed by atoms with Crippen molar-refractivity contribution in [3.63, 3.8) is 0 Å². The van der Waals surface area contributed by atoms with E-state index in [-0.39, 0.29) is 30.3 Å². The zero-order chi connectivity index (χ0) is 24.9. The molecule has 0 bridgehead atoms. The monoisotopic (exact) mass is 495 g/mol. The third-order valence-corrected chi connectivity index (χ3v) is 7.56. The number of hydrogen-bond donors (Lipinski definition) is 4. The van der Waals surface area contributed by atoms with Gasteiger partial charge in [-0.2, -0.15) is 0 Å². The summed E-state index contributed by atoms with van der Waals surface area (Å²) in [5.41, 5.74) is 1.72. The summed E-state index contributed by atoms with van der Waals surface area (Å²) in [6, 6.07) is 8.95. The van der Waals surface area contributed by atoms with Crippen molar-refractivity contribution in [2.24, 2.45) is 5.92 Å². The van der Waals surface area contributed by atoms with Crippen molar-refractivity contribution in [1.82, 2.24) is 26.0 Å². The number of nitrogens with one attached hydrogen (secondary N) is 3. The number of piperidine rings is 1. The fraction of sp³-hybridized carbons (Fsp3) is 0.593. The molecule has 0 radical (unpaired) electrons. The van der Waals surface area contributed by atoms with Gasteiger partial charge in [0.25, 0.3) is 11.8 Å². The van der Waals surface area contributed by atoms with E-state index in [0.29, 0.717) is 23.7 Å². The van der Waals surface area contributed by atoms with E-state index in [4.69, 9.17) is 4.52 Å². The molecule has 5 rings (SSSR count). The first-order chi connectivity index (χ1) is 17.6. The van der Waals surface area contributed by atoms with Crippen LogP contribution >= 0.6 is 0 Å². The molecule has 2 aliphatic heterocycles. The summed E-state index contributed by atoms with van der Waals surface area (Å²) in [5.74, 6) is 0.936. The molecule has 2 amide bonds. The Kier molecular flexibility index (Phi) is 7.99. The van der Waals surface area contributed by atoms with E-state index < -0.39 is 6.10 Å². The molecule has 2 unspecified atom stereocenters. The number of carbonyl (C=O) groups is 2. The average Bonchev–Trinajstić information content (AvgIpc) is 3.40. The Bertz CT molecular complexity index is 1040. The lowest BCUT2D eigenvalue weighted by molar-refractivity contribution is 0.0879. The quantitative estimate of drug-likeness (QED) is 0.399. The van der Waals surface area contributed by atoms with Crippen molar-refractivity contribution in [3.05, 3.63) is 52.9 Å². The van der Waals surface area contributed by atoms with Crippen molar-refractivity contribution >= 4 is 11.8 Å². The number of benzene rings is 1. The summed E-state index contributed by atoms with van der Waals surface area (Å²) < 4.78 is 5.38. The molecule has 1 saturated carbocycles. The lowest BCUT2D eigenvalue weighted by Gasteiger charge is -2.31. The van der Waals surface area contributed by atoms with Gasteiger partial charge < -0.3 is 30.5 Å². The van der Waals surface area contributed by atoms with E-state index in [1.165, 1.54) is 12.8 Å². The SMILES string of the molecule is O=C(NCC(O)CN1CCCC1)c1cccc(C(NC(=O)c2cc(C3CC3)on2)C2CCNCC2)c1. The maximum Gasteiger partial charge on any atom is 0.273 e. The molecular formula is C27H37N5O4. The Balaban J connectivity index is 1.25. The van der Waals surface area contributed by atoms with Crippen LogP contribution in [0.1, 0.15) is 82.7 Å². The van der Waals surface area contributed by atoms with Crippen LogP contribution in [0.15, 0.2) is 34.9 Å². The zero-order valence-corrected chi connectivity index (χ0v) is 20.7. The van der Waals surface area contributed by atoms with Crippen LogP contribution in [0.25, 0.3) is 0 Å². The Morgan fingerprint density at radius 2 is 1.89 bits per heavy atom. The first-order valence-electron chi connectivity index (χ1n) is 13.3. The number of likely N-dealkylation sites (tertiary alicyclic amines) is 1. The van der Waals surface area contributed by atoms with Crippen LogP contribution in [0.4, 0.5) is 0 Å². The van der Waals surface area contributed by atoms with Crippen LogP contribution in [0.5, 0.6) is 0 Å². The number of aliphatic hydroxyl groups excluding tert-OH is 1. The van der Waals surface area contributed by atoms with Crippen LogP contribution in [0, 0.1) is 5.92 Å². The van der Waals surface area contributed by atoms with E-state index in [1.54, 1.807) is 12.1 Å². The first kappa shape index (κ1) is 24.9. The summed E-state index contributed by atoms with van der Waals surface area (Å²) in [6.45, 7) is 4.59. The van der Waals surface area contributed by atoms with Crippen molar-refractivity contribution in [3.8, 4) is 0 Å². The van der Waals surface area contributed by atoms with Crippen LogP contribution in [0.3, 0.4) is 0 Å². The van der Waals surface area contributed by atoms with Gasteiger partial charge in [0.1, 0.15) is 5.76 Å². The van der Waals surface area contributed by atoms with E-state index in [9.17, 15) is 14.7 Å². The third-order valence-electron chi connectivity index (χ3n) is 7.56. The molecule has 1 aromatic carbocycles. The number of aliphatic hydroxyl groups is 1. The van der Waals surface area contributed by atoms with Gasteiger partial charge in [0, 0.05) is 30.6 Å². The Morgan fingerprint density at radius 1 is 1.11 bits per heavy atom. The predicted octanol–water partition coefficient (Wildman–Crippen LogP) is 2.21. The van der Waals surface area contributed by atoms with E-state index >= 15 is 0 Å². The number of nitrogens with zero attached hydrogens (tertiary/aromatic N) is 2. The highest BCUT2D eigenvalue weighted by Gasteiger charge is 2.31. The normalized spacial score (nSPS) is 20.7. The molecule has 1 aliphatic carbocycles. The number of amides is 2. The molecule has 3 heterocycles. The molecule has 36 heavy (non-hydrogen) atoms. The van der Waals surface area contributed by atoms with Crippen molar-refractivity contribution < 1.29 is 19.2 Å². The Morgan fingerprint density at radius 3 is 2.64 bits per heavy atom. The summed E-state index contributed by atoms with van der Waals surface area (Å²) >= 11 is 0. The van der Waals surface area contributed by atoms with Gasteiger partial charge in [-0.25, -0.2) is 0 Å². The van der Waals surface area contributed by atoms with E-state index in [0.717, 1.165) is 63.2 Å². The third kappa shape index (κ3) is 6.32. The van der Waals surface area contributed by atoms with Gasteiger partial charge >= 0.3 is 0 Å². The Labute approximate surface area is 212 Å². The minimum Gasteiger partial charge on any atom is -0.390 e. The molecule has 4 N–H and O–H groups in total. The van der Waals surface area contributed by atoms with Gasteiger partial charge in [0.2, 0.25) is 0 Å². The van der Waals surface area contributed by atoms with Crippen molar-refractivity contribution in [2.45, 2.75) is 56.6 Å². The molecule has 2 aromatic rings. The smallest absolute Gasteiger partial charge is 0.273 e. The summed E-state index contributed by atoms with van der Waals surface area (Å²) in [6.07, 6.45) is 5.75. The fourth-order valence-electron chi connectivity index (χ4n) is 5.34. The lowest BCUT2D eigenvalue weighted by Crippen LogP contribution is -2.40. The van der Waals surface area contributed by atoms with Gasteiger partial charge in [0.05, 0.1) is 12.1 Å². The highest BCUT2D eigenvalue weighted by molar-refractivity contribution is 5.95. The molecule has 0 spiro atoms. The molecule has 9 nitrogen and oxygen atoms in total. The van der Waals surface area contributed by atoms with E-state index in [2.05, 4.69) is 26.0 Å². The van der Waals surface area contributed by atoms with Crippen LogP contribution in [-0.2, 0) is 0 Å². The second kappa shape index (κ2) is 11.5.